The summed E-state index contributed by atoms with van der Waals surface area (Å²) in [6.45, 7) is 1.62. The van der Waals surface area contributed by atoms with E-state index in [0.717, 1.165) is 41.9 Å². The Morgan fingerprint density at radius 1 is 0.755 bits per heavy atom. The molecule has 0 bridgehead atoms. The first-order valence-corrected chi connectivity index (χ1v) is 16.6. The van der Waals surface area contributed by atoms with E-state index in [0.29, 0.717) is 35.1 Å². The normalized spacial score (nSPS) is 14.6. The predicted molar refractivity (Wildman–Crippen MR) is 189 cm³/mol. The van der Waals surface area contributed by atoms with Crippen LogP contribution in [0.1, 0.15) is 35.1 Å². The average Bonchev–Trinajstić information content (AvgIpc) is 3.47. The van der Waals surface area contributed by atoms with Crippen LogP contribution in [-0.4, -0.2) is 40.7 Å². The van der Waals surface area contributed by atoms with Gasteiger partial charge in [-0.05, 0) is 85.6 Å². The van der Waals surface area contributed by atoms with Crippen molar-refractivity contribution in [3.05, 3.63) is 155 Å². The lowest BCUT2D eigenvalue weighted by molar-refractivity contribution is -0.137. The molecule has 0 spiro atoms. The van der Waals surface area contributed by atoms with Crippen molar-refractivity contribution in [2.75, 3.05) is 25.5 Å². The van der Waals surface area contributed by atoms with Crippen LogP contribution < -0.4 is 5.32 Å². The van der Waals surface area contributed by atoms with E-state index >= 15 is 0 Å². The lowest BCUT2D eigenvalue weighted by Gasteiger charge is -2.37. The number of rotatable bonds is 7. The molecule has 0 saturated carbocycles. The van der Waals surface area contributed by atoms with Gasteiger partial charge < -0.3 is 10.2 Å². The Morgan fingerprint density at radius 3 is 1.84 bits per heavy atom. The number of fused-ring (bicyclic) bond motifs is 1. The lowest BCUT2D eigenvalue weighted by atomic mass is 9.77. The number of amides is 1. The van der Waals surface area contributed by atoms with Gasteiger partial charge in [-0.25, -0.2) is 4.68 Å². The molecular formula is C40H34ClF3N4O. The summed E-state index contributed by atoms with van der Waals surface area (Å²) in [6, 6.07) is 38.8. The smallest absolute Gasteiger partial charge is 0.308 e. The van der Waals surface area contributed by atoms with Crippen LogP contribution in [0.5, 0.6) is 0 Å². The number of nitrogens with one attached hydrogen (secondary N) is 1. The van der Waals surface area contributed by atoms with Crippen LogP contribution in [0.3, 0.4) is 0 Å². The molecule has 9 heteroatoms. The third-order valence-corrected chi connectivity index (χ3v) is 9.84. The number of halogens is 4. The van der Waals surface area contributed by atoms with E-state index in [1.807, 2.05) is 72.4 Å². The predicted octanol–water partition coefficient (Wildman–Crippen LogP) is 9.50. The van der Waals surface area contributed by atoms with Gasteiger partial charge in [-0.15, -0.1) is 0 Å². The largest absolute Gasteiger partial charge is 0.416 e. The van der Waals surface area contributed by atoms with Crippen LogP contribution in [-0.2, 0) is 16.5 Å². The van der Waals surface area contributed by atoms with Crippen molar-refractivity contribution >= 4 is 34.2 Å². The summed E-state index contributed by atoms with van der Waals surface area (Å²) in [5.41, 5.74) is 2.42. The molecule has 6 aromatic rings. The topological polar surface area (TPSA) is 50.2 Å². The van der Waals surface area contributed by atoms with Crippen molar-refractivity contribution in [1.29, 1.82) is 0 Å². The fourth-order valence-corrected chi connectivity index (χ4v) is 7.18. The average molecular weight is 679 g/mol. The van der Waals surface area contributed by atoms with Crippen molar-refractivity contribution in [2.24, 2.45) is 5.92 Å². The fraction of sp³-hybridized carbons (Fsp3) is 0.200. The molecule has 5 aromatic carbocycles. The molecule has 248 valence electrons. The summed E-state index contributed by atoms with van der Waals surface area (Å²) in [5, 5.41) is 9.13. The van der Waals surface area contributed by atoms with E-state index in [1.165, 1.54) is 6.07 Å². The Morgan fingerprint density at radius 2 is 1.31 bits per heavy atom. The van der Waals surface area contributed by atoms with E-state index in [9.17, 15) is 18.0 Å². The van der Waals surface area contributed by atoms with Gasteiger partial charge in [0.15, 0.2) is 5.82 Å². The standard InChI is InChI=1S/C40H34ClF3N4O/c1-47-23-21-27(22-24-47)38(49)45-37-34-25-28(33-26-32(40(42,43)44)18-19-35(33)41)17-20-36(34)48(46-37)39(29-11-5-2-6-12-29,30-13-7-3-8-14-30)31-15-9-4-10-16-31/h2-20,25-27H,21-24H2,1H3,(H,45,46,49). The number of hydrogen-bond acceptors (Lipinski definition) is 3. The third kappa shape index (κ3) is 6.11. The van der Waals surface area contributed by atoms with Crippen LogP contribution in [0.25, 0.3) is 22.0 Å². The first kappa shape index (κ1) is 32.6. The van der Waals surface area contributed by atoms with Crippen LogP contribution in [0.2, 0.25) is 5.02 Å². The van der Waals surface area contributed by atoms with Gasteiger partial charge in [-0.2, -0.15) is 18.3 Å². The second-order valence-electron chi connectivity index (χ2n) is 12.6. The molecule has 7 rings (SSSR count). The van der Waals surface area contributed by atoms with Gasteiger partial charge in [0.1, 0.15) is 5.54 Å². The lowest BCUT2D eigenvalue weighted by Crippen LogP contribution is -2.39. The Bertz CT molecular complexity index is 1990. The van der Waals surface area contributed by atoms with Gasteiger partial charge in [-0.1, -0.05) is 109 Å². The van der Waals surface area contributed by atoms with E-state index < -0.39 is 17.3 Å². The summed E-state index contributed by atoms with van der Waals surface area (Å²) in [7, 11) is 2.04. The highest BCUT2D eigenvalue weighted by molar-refractivity contribution is 6.33. The van der Waals surface area contributed by atoms with E-state index in [2.05, 4.69) is 46.6 Å². The number of anilines is 1. The molecule has 1 aliphatic rings. The zero-order chi connectivity index (χ0) is 34.2. The van der Waals surface area contributed by atoms with Crippen LogP contribution in [0.4, 0.5) is 19.0 Å². The highest BCUT2D eigenvalue weighted by Crippen LogP contribution is 2.45. The Hall–Kier alpha value is -4.92. The highest BCUT2D eigenvalue weighted by Gasteiger charge is 2.41. The van der Waals surface area contributed by atoms with Crippen LogP contribution >= 0.6 is 11.6 Å². The number of alkyl halides is 3. The second kappa shape index (κ2) is 13.2. The molecule has 1 aromatic heterocycles. The minimum absolute atomic E-state index is 0.133. The maximum absolute atomic E-state index is 13.8. The van der Waals surface area contributed by atoms with Gasteiger partial charge in [0, 0.05) is 21.9 Å². The van der Waals surface area contributed by atoms with Crippen molar-refractivity contribution in [3.8, 4) is 11.1 Å². The summed E-state index contributed by atoms with van der Waals surface area (Å²) in [5.74, 6) is 0.00236. The number of hydrogen-bond donors (Lipinski definition) is 1. The number of benzene rings is 5. The van der Waals surface area contributed by atoms with E-state index in [-0.39, 0.29) is 22.4 Å². The van der Waals surface area contributed by atoms with Gasteiger partial charge in [0.2, 0.25) is 5.91 Å². The molecule has 1 aliphatic heterocycles. The van der Waals surface area contributed by atoms with E-state index in [4.69, 9.17) is 16.7 Å². The maximum Gasteiger partial charge on any atom is 0.416 e. The Labute approximate surface area is 287 Å². The molecule has 5 nitrogen and oxygen atoms in total. The Kier molecular flexibility index (Phi) is 8.77. The number of carbonyl (C=O) groups excluding carboxylic acids is 1. The molecule has 2 heterocycles. The van der Waals surface area contributed by atoms with Gasteiger partial charge in [0.05, 0.1) is 11.1 Å². The Balaban J connectivity index is 1.50. The summed E-state index contributed by atoms with van der Waals surface area (Å²) in [6.07, 6.45) is -3.11. The number of likely N-dealkylation sites (tertiary alicyclic amines) is 1. The molecule has 0 radical (unpaired) electrons. The van der Waals surface area contributed by atoms with Gasteiger partial charge >= 0.3 is 6.18 Å². The minimum Gasteiger partial charge on any atom is -0.308 e. The van der Waals surface area contributed by atoms with Gasteiger partial charge in [-0.3, -0.25) is 4.79 Å². The van der Waals surface area contributed by atoms with Crippen molar-refractivity contribution in [1.82, 2.24) is 14.7 Å². The summed E-state index contributed by atoms with van der Waals surface area (Å²) in [4.78, 5) is 16.0. The van der Waals surface area contributed by atoms with Crippen LogP contribution in [0, 0.1) is 5.92 Å². The SMILES string of the molecule is CN1CCC(C(=O)Nc2nn(C(c3ccccc3)(c3ccccc3)c3ccccc3)c3ccc(-c4cc(C(F)(F)F)ccc4Cl)cc23)CC1. The molecule has 0 atom stereocenters. The molecule has 1 saturated heterocycles. The number of nitrogens with zero attached hydrogens (tertiary/aromatic N) is 3. The highest BCUT2D eigenvalue weighted by atomic mass is 35.5. The maximum atomic E-state index is 13.8. The molecule has 1 fully saturated rings. The molecule has 49 heavy (non-hydrogen) atoms. The zero-order valence-corrected chi connectivity index (χ0v) is 27.5. The first-order chi connectivity index (χ1) is 23.7. The molecule has 0 unspecified atom stereocenters. The fourth-order valence-electron chi connectivity index (χ4n) is 6.95. The minimum atomic E-state index is -4.54. The molecule has 1 amide bonds. The van der Waals surface area contributed by atoms with Crippen molar-refractivity contribution in [3.63, 3.8) is 0 Å². The van der Waals surface area contributed by atoms with Crippen LogP contribution in [0.15, 0.2) is 127 Å². The van der Waals surface area contributed by atoms with E-state index in [1.54, 1.807) is 12.1 Å². The second-order valence-corrected chi connectivity index (χ2v) is 13.0. The molecular weight excluding hydrogens is 645 g/mol. The summed E-state index contributed by atoms with van der Waals surface area (Å²) < 4.78 is 43.3. The first-order valence-electron chi connectivity index (χ1n) is 16.2. The number of aromatic nitrogens is 2. The van der Waals surface area contributed by atoms with Crippen molar-refractivity contribution < 1.29 is 18.0 Å². The number of carbonyl (C=O) groups is 1. The molecule has 1 N–H and O–H groups in total. The van der Waals surface area contributed by atoms with Gasteiger partial charge in [0.25, 0.3) is 0 Å². The van der Waals surface area contributed by atoms with Crippen molar-refractivity contribution in [2.45, 2.75) is 24.6 Å². The number of piperidine rings is 1. The zero-order valence-electron chi connectivity index (χ0n) is 26.8. The molecule has 0 aliphatic carbocycles. The summed E-state index contributed by atoms with van der Waals surface area (Å²) >= 11 is 6.53. The third-order valence-electron chi connectivity index (χ3n) is 9.51. The quantitative estimate of drug-likeness (QED) is 0.171. The monoisotopic (exact) mass is 678 g/mol.